The zero-order valence-electron chi connectivity index (χ0n) is 15.4. The van der Waals surface area contributed by atoms with E-state index in [2.05, 4.69) is 0 Å². The number of rotatable bonds is 7. The van der Waals surface area contributed by atoms with Gasteiger partial charge in [-0.25, -0.2) is 19.2 Å². The van der Waals surface area contributed by atoms with E-state index < -0.39 is 74.8 Å². The van der Waals surface area contributed by atoms with Gasteiger partial charge in [-0.1, -0.05) is 12.1 Å². The third-order valence-corrected chi connectivity index (χ3v) is 4.57. The third kappa shape index (κ3) is 3.71. The molecular weight excluding hydrogens is 445 g/mol. The van der Waals surface area contributed by atoms with Crippen molar-refractivity contribution in [3.05, 3.63) is 69.8 Å². The van der Waals surface area contributed by atoms with Crippen molar-refractivity contribution in [2.24, 2.45) is 0 Å². The largest absolute Gasteiger partial charge is 0.480 e. The normalized spacial score (nSPS) is 11.6. The molecular formula is C19H11F3O10. The Kier molecular flexibility index (Phi) is 5.98. The molecule has 10 nitrogen and oxygen atoms in total. The summed E-state index contributed by atoms with van der Waals surface area (Å²) in [5.41, 5.74) is -10.7. The van der Waals surface area contributed by atoms with Gasteiger partial charge in [-0.05, 0) is 35.4 Å². The first-order chi connectivity index (χ1) is 14.7. The summed E-state index contributed by atoms with van der Waals surface area (Å²) < 4.78 is 42.8. The van der Waals surface area contributed by atoms with Crippen molar-refractivity contribution in [2.75, 3.05) is 0 Å². The van der Waals surface area contributed by atoms with Crippen molar-refractivity contribution in [1.82, 2.24) is 0 Å². The second-order valence-corrected chi connectivity index (χ2v) is 6.29. The maximum Gasteiger partial charge on any atom is 0.412 e. The van der Waals surface area contributed by atoms with Crippen LogP contribution in [0.25, 0.3) is 0 Å². The lowest BCUT2D eigenvalue weighted by molar-refractivity contribution is -0.196. The molecule has 0 aliphatic rings. The van der Waals surface area contributed by atoms with Gasteiger partial charge >= 0.3 is 36.0 Å². The van der Waals surface area contributed by atoms with Gasteiger partial charge in [-0.2, -0.15) is 13.2 Å². The van der Waals surface area contributed by atoms with Crippen LogP contribution in [0.4, 0.5) is 13.2 Å². The van der Waals surface area contributed by atoms with Crippen LogP contribution in [0.3, 0.4) is 0 Å². The van der Waals surface area contributed by atoms with Gasteiger partial charge in [0.15, 0.2) is 0 Å². The van der Waals surface area contributed by atoms with Gasteiger partial charge in [0.25, 0.3) is 0 Å². The Bertz CT molecular complexity index is 1090. The Labute approximate surface area is 174 Å². The molecule has 2 aromatic rings. The first kappa shape index (κ1) is 23.9. The van der Waals surface area contributed by atoms with Crippen LogP contribution in [0.2, 0.25) is 0 Å². The van der Waals surface area contributed by atoms with Crippen molar-refractivity contribution < 1.29 is 62.7 Å². The highest BCUT2D eigenvalue weighted by atomic mass is 19.4. The van der Waals surface area contributed by atoms with E-state index in [-0.39, 0.29) is 12.1 Å². The molecule has 0 aliphatic carbocycles. The molecule has 0 bridgehead atoms. The number of hydrogen-bond donors (Lipinski definition) is 5. The van der Waals surface area contributed by atoms with Crippen molar-refractivity contribution in [1.29, 1.82) is 0 Å². The number of alkyl halides is 3. The summed E-state index contributed by atoms with van der Waals surface area (Å²) in [5, 5.41) is 46.1. The highest BCUT2D eigenvalue weighted by Crippen LogP contribution is 2.47. The van der Waals surface area contributed by atoms with Crippen LogP contribution in [0.15, 0.2) is 36.4 Å². The quantitative estimate of drug-likeness (QED) is 0.414. The van der Waals surface area contributed by atoms with E-state index in [0.717, 1.165) is 0 Å². The van der Waals surface area contributed by atoms with Crippen molar-refractivity contribution in [3.8, 4) is 0 Å². The van der Waals surface area contributed by atoms with Crippen LogP contribution < -0.4 is 0 Å². The van der Waals surface area contributed by atoms with E-state index >= 15 is 0 Å². The Morgan fingerprint density at radius 1 is 0.562 bits per heavy atom. The second kappa shape index (κ2) is 8.02. The van der Waals surface area contributed by atoms with E-state index in [9.17, 15) is 52.5 Å². The molecule has 0 saturated carbocycles. The zero-order chi connectivity index (χ0) is 24.6. The minimum Gasteiger partial charge on any atom is -0.480 e. The number of carbonyl (C=O) groups is 5. The van der Waals surface area contributed by atoms with Crippen LogP contribution in [-0.4, -0.2) is 61.6 Å². The van der Waals surface area contributed by atoms with Gasteiger partial charge in [0.05, 0.1) is 22.3 Å². The van der Waals surface area contributed by atoms with Gasteiger partial charge in [0.2, 0.25) is 5.41 Å². The van der Waals surface area contributed by atoms with Crippen LogP contribution >= 0.6 is 0 Å². The Balaban J connectivity index is 3.04. The van der Waals surface area contributed by atoms with E-state index in [1.165, 1.54) is 0 Å². The average molecular weight is 456 g/mol. The van der Waals surface area contributed by atoms with E-state index in [1.807, 2.05) is 0 Å². The fraction of sp³-hybridized carbons (Fsp3) is 0.105. The molecule has 0 radical (unpaired) electrons. The Morgan fingerprint density at radius 3 is 1.09 bits per heavy atom. The molecule has 0 unspecified atom stereocenters. The standard InChI is InChI=1S/C19H11F3O10/c20-19(21,22)18(17(31)32,7-1-3-9(13(23)24)11(5-7)15(27)28)8-2-4-10(14(25)26)12(6-8)16(29)30/h1-6H,(H,23,24)(H,25,26)(H,27,28)(H,29,30)(H,31,32). The van der Waals surface area contributed by atoms with E-state index in [1.54, 1.807) is 0 Å². The molecule has 0 amide bonds. The molecule has 0 atom stereocenters. The van der Waals surface area contributed by atoms with Crippen LogP contribution in [0, 0.1) is 0 Å². The van der Waals surface area contributed by atoms with Crippen molar-refractivity contribution in [3.63, 3.8) is 0 Å². The summed E-state index contributed by atoms with van der Waals surface area (Å²) >= 11 is 0. The summed E-state index contributed by atoms with van der Waals surface area (Å²) in [5.74, 6) is -10.1. The topological polar surface area (TPSA) is 186 Å². The fourth-order valence-electron chi connectivity index (χ4n) is 3.14. The molecule has 2 aromatic carbocycles. The SMILES string of the molecule is O=C(O)c1ccc(C(C(=O)O)(c2ccc(C(=O)O)c(C(=O)O)c2)C(F)(F)F)cc1C(=O)O. The van der Waals surface area contributed by atoms with Gasteiger partial charge in [0, 0.05) is 0 Å². The van der Waals surface area contributed by atoms with Gasteiger partial charge < -0.3 is 25.5 Å². The molecule has 0 saturated heterocycles. The van der Waals surface area contributed by atoms with Crippen LogP contribution in [-0.2, 0) is 10.2 Å². The molecule has 0 spiro atoms. The molecule has 168 valence electrons. The minimum atomic E-state index is -5.71. The third-order valence-electron chi connectivity index (χ3n) is 4.57. The maximum absolute atomic E-state index is 14.3. The number of carboxylic acid groups (broad SMARTS) is 5. The Morgan fingerprint density at radius 2 is 0.875 bits per heavy atom. The van der Waals surface area contributed by atoms with Crippen molar-refractivity contribution >= 4 is 29.8 Å². The lowest BCUT2D eigenvalue weighted by Crippen LogP contribution is -2.50. The van der Waals surface area contributed by atoms with E-state index in [4.69, 9.17) is 10.2 Å². The smallest absolute Gasteiger partial charge is 0.412 e. The lowest BCUT2D eigenvalue weighted by atomic mass is 9.72. The molecule has 32 heavy (non-hydrogen) atoms. The number of carboxylic acids is 5. The zero-order valence-corrected chi connectivity index (χ0v) is 15.4. The molecule has 5 N–H and O–H groups in total. The highest BCUT2D eigenvalue weighted by molar-refractivity contribution is 6.03. The first-order valence-corrected chi connectivity index (χ1v) is 8.18. The summed E-state index contributed by atoms with van der Waals surface area (Å²) in [7, 11) is 0. The summed E-state index contributed by atoms with van der Waals surface area (Å²) in [6, 6.07) is 2.21. The molecule has 13 heteroatoms. The number of hydrogen-bond acceptors (Lipinski definition) is 5. The summed E-state index contributed by atoms with van der Waals surface area (Å²) in [4.78, 5) is 57.2. The molecule has 2 rings (SSSR count). The summed E-state index contributed by atoms with van der Waals surface area (Å²) in [6.07, 6.45) is -5.71. The number of aromatic carboxylic acids is 4. The van der Waals surface area contributed by atoms with Crippen LogP contribution in [0.1, 0.15) is 52.6 Å². The average Bonchev–Trinajstić information content (AvgIpc) is 2.66. The molecule has 0 aliphatic heterocycles. The van der Waals surface area contributed by atoms with Crippen molar-refractivity contribution in [2.45, 2.75) is 11.6 Å². The predicted molar refractivity (Wildman–Crippen MR) is 95.2 cm³/mol. The van der Waals surface area contributed by atoms with Gasteiger partial charge in [0.1, 0.15) is 0 Å². The second-order valence-electron chi connectivity index (χ2n) is 6.29. The van der Waals surface area contributed by atoms with Gasteiger partial charge in [-0.15, -0.1) is 0 Å². The fourth-order valence-corrected chi connectivity index (χ4v) is 3.14. The molecule has 0 aromatic heterocycles. The summed E-state index contributed by atoms with van der Waals surface area (Å²) in [6.45, 7) is 0. The number of benzene rings is 2. The number of halogens is 3. The van der Waals surface area contributed by atoms with Crippen LogP contribution in [0.5, 0.6) is 0 Å². The first-order valence-electron chi connectivity index (χ1n) is 8.18. The minimum absolute atomic E-state index is 0.207. The maximum atomic E-state index is 14.3. The number of aliphatic carboxylic acids is 1. The van der Waals surface area contributed by atoms with Gasteiger partial charge in [-0.3, -0.25) is 4.79 Å². The predicted octanol–water partition coefficient (Wildman–Crippen LogP) is 2.41. The lowest BCUT2D eigenvalue weighted by Gasteiger charge is -2.33. The van der Waals surface area contributed by atoms with E-state index in [0.29, 0.717) is 24.3 Å². The molecule has 0 heterocycles. The Hall–Kier alpha value is -4.42. The highest BCUT2D eigenvalue weighted by Gasteiger charge is 2.63. The molecule has 0 fully saturated rings. The monoisotopic (exact) mass is 456 g/mol.